The van der Waals surface area contributed by atoms with Crippen LogP contribution in [0, 0.1) is 0 Å². The van der Waals surface area contributed by atoms with Gasteiger partial charge in [0.1, 0.15) is 11.9 Å². The van der Waals surface area contributed by atoms with Gasteiger partial charge in [0.05, 0.1) is 13.2 Å². The molecule has 1 unspecified atom stereocenters. The Morgan fingerprint density at radius 1 is 1.44 bits per heavy atom. The molecule has 0 bridgehead atoms. The Morgan fingerprint density at radius 2 is 2.22 bits per heavy atom. The van der Waals surface area contributed by atoms with Crippen LogP contribution in [0.3, 0.4) is 0 Å². The van der Waals surface area contributed by atoms with Crippen molar-refractivity contribution in [2.45, 2.75) is 31.8 Å². The summed E-state index contributed by atoms with van der Waals surface area (Å²) in [4.78, 5) is 11.2. The van der Waals surface area contributed by atoms with E-state index in [2.05, 4.69) is 16.9 Å². The second-order valence-corrected chi connectivity index (χ2v) is 4.46. The summed E-state index contributed by atoms with van der Waals surface area (Å²) in [6.45, 7) is 0. The summed E-state index contributed by atoms with van der Waals surface area (Å²) >= 11 is 0. The van der Waals surface area contributed by atoms with Gasteiger partial charge in [-0.15, -0.1) is 0 Å². The monoisotopic (exact) mass is 246 g/mol. The van der Waals surface area contributed by atoms with Crippen molar-refractivity contribution in [3.8, 4) is 0 Å². The van der Waals surface area contributed by atoms with Crippen molar-refractivity contribution in [2.75, 3.05) is 7.11 Å². The second kappa shape index (κ2) is 6.24. The van der Waals surface area contributed by atoms with Gasteiger partial charge >= 0.3 is 5.97 Å². The molecule has 1 saturated heterocycles. The highest BCUT2D eigenvalue weighted by molar-refractivity contribution is 5.82. The normalized spacial score (nSPS) is 21.4. The molecule has 0 aliphatic carbocycles. The molecule has 3 nitrogen and oxygen atoms in total. The van der Waals surface area contributed by atoms with Crippen LogP contribution in [0.2, 0.25) is 0 Å². The zero-order chi connectivity index (χ0) is 12.8. The van der Waals surface area contributed by atoms with E-state index in [1.165, 1.54) is 18.7 Å². The molecule has 2 rings (SSSR count). The van der Waals surface area contributed by atoms with Gasteiger partial charge in [-0.25, -0.2) is 4.79 Å². The Hall–Kier alpha value is -1.77. The fraction of sp³-hybridized carbons (Fsp3) is 0.400. The number of esters is 1. The summed E-state index contributed by atoms with van der Waals surface area (Å²) in [5.74, 6) is 0.402. The van der Waals surface area contributed by atoms with Crippen molar-refractivity contribution in [3.63, 3.8) is 0 Å². The van der Waals surface area contributed by atoms with Crippen molar-refractivity contribution in [3.05, 3.63) is 47.7 Å². The minimum absolute atomic E-state index is 0.164. The van der Waals surface area contributed by atoms with Gasteiger partial charge in [-0.05, 0) is 18.4 Å². The van der Waals surface area contributed by atoms with Crippen LogP contribution in [0.25, 0.3) is 0 Å². The molecule has 18 heavy (non-hydrogen) atoms. The van der Waals surface area contributed by atoms with Crippen LogP contribution >= 0.6 is 0 Å². The average molecular weight is 246 g/mol. The maximum atomic E-state index is 11.2. The molecule has 1 aromatic rings. The van der Waals surface area contributed by atoms with Crippen LogP contribution in [-0.2, 0) is 20.7 Å². The third-order valence-corrected chi connectivity index (χ3v) is 3.05. The van der Waals surface area contributed by atoms with E-state index < -0.39 is 0 Å². The number of hydrogen-bond donors (Lipinski definition) is 0. The number of hydrogen-bond acceptors (Lipinski definition) is 3. The van der Waals surface area contributed by atoms with Crippen LogP contribution < -0.4 is 0 Å². The molecular formula is C15H18O3. The summed E-state index contributed by atoms with van der Waals surface area (Å²) in [7, 11) is 1.38. The first kappa shape index (κ1) is 12.7. The molecule has 1 aromatic carbocycles. The zero-order valence-electron chi connectivity index (χ0n) is 10.6. The predicted molar refractivity (Wildman–Crippen MR) is 69.0 cm³/mol. The van der Waals surface area contributed by atoms with Gasteiger partial charge in [0.2, 0.25) is 0 Å². The summed E-state index contributed by atoms with van der Waals surface area (Å²) in [5.41, 5.74) is 1.27. The first-order chi connectivity index (χ1) is 8.78. The molecule has 0 spiro atoms. The molecule has 1 heterocycles. The van der Waals surface area contributed by atoms with Gasteiger partial charge in [0.15, 0.2) is 0 Å². The Kier molecular flexibility index (Phi) is 4.40. The maximum Gasteiger partial charge on any atom is 0.333 e. The fourth-order valence-electron chi connectivity index (χ4n) is 2.15. The van der Waals surface area contributed by atoms with E-state index in [1.807, 2.05) is 18.2 Å². The van der Waals surface area contributed by atoms with Crippen LogP contribution in [0.1, 0.15) is 24.8 Å². The van der Waals surface area contributed by atoms with Gasteiger partial charge in [0, 0.05) is 12.8 Å². The molecule has 3 heteroatoms. The van der Waals surface area contributed by atoms with Crippen molar-refractivity contribution < 1.29 is 14.3 Å². The van der Waals surface area contributed by atoms with Gasteiger partial charge in [-0.1, -0.05) is 30.3 Å². The van der Waals surface area contributed by atoms with Crippen LogP contribution in [-0.4, -0.2) is 19.2 Å². The average Bonchev–Trinajstić information content (AvgIpc) is 2.40. The number of carbonyl (C=O) groups is 1. The number of carbonyl (C=O) groups excluding carboxylic acids is 1. The van der Waals surface area contributed by atoms with Crippen LogP contribution in [0.15, 0.2) is 42.2 Å². The van der Waals surface area contributed by atoms with E-state index in [0.717, 1.165) is 31.4 Å². The highest BCUT2D eigenvalue weighted by Gasteiger charge is 2.19. The number of rotatable bonds is 3. The maximum absolute atomic E-state index is 11.2. The number of ether oxygens (including phenoxy) is 2. The summed E-state index contributed by atoms with van der Waals surface area (Å²) in [6, 6.07) is 10.3. The highest BCUT2D eigenvalue weighted by Crippen LogP contribution is 2.24. The van der Waals surface area contributed by atoms with E-state index in [-0.39, 0.29) is 12.1 Å². The van der Waals surface area contributed by atoms with E-state index in [4.69, 9.17) is 4.74 Å². The molecule has 0 aromatic heterocycles. The lowest BCUT2D eigenvalue weighted by atomic mass is 10.0. The zero-order valence-corrected chi connectivity index (χ0v) is 10.6. The SMILES string of the molecule is COC(=O)/C=C1/CCCC(Cc2ccccc2)O1. The van der Waals surface area contributed by atoms with Crippen molar-refractivity contribution in [2.24, 2.45) is 0 Å². The largest absolute Gasteiger partial charge is 0.494 e. The van der Waals surface area contributed by atoms with Crippen LogP contribution in [0.5, 0.6) is 0 Å². The lowest BCUT2D eigenvalue weighted by molar-refractivity contribution is -0.135. The van der Waals surface area contributed by atoms with E-state index >= 15 is 0 Å². The van der Waals surface area contributed by atoms with E-state index in [0.29, 0.717) is 0 Å². The Morgan fingerprint density at radius 3 is 2.94 bits per heavy atom. The van der Waals surface area contributed by atoms with Gasteiger partial charge in [-0.3, -0.25) is 0 Å². The molecule has 0 amide bonds. The van der Waals surface area contributed by atoms with Gasteiger partial charge in [0.25, 0.3) is 0 Å². The lowest BCUT2D eigenvalue weighted by Gasteiger charge is -2.26. The Bertz CT molecular complexity index is 423. The van der Waals surface area contributed by atoms with Gasteiger partial charge in [-0.2, -0.15) is 0 Å². The highest BCUT2D eigenvalue weighted by atomic mass is 16.5. The van der Waals surface area contributed by atoms with E-state index in [1.54, 1.807) is 0 Å². The topological polar surface area (TPSA) is 35.5 Å². The second-order valence-electron chi connectivity index (χ2n) is 4.46. The lowest BCUT2D eigenvalue weighted by Crippen LogP contribution is -2.21. The van der Waals surface area contributed by atoms with Gasteiger partial charge < -0.3 is 9.47 Å². The molecule has 0 radical (unpaired) electrons. The molecule has 1 fully saturated rings. The Balaban J connectivity index is 1.95. The molecule has 1 atom stereocenters. The minimum atomic E-state index is -0.342. The molecular weight excluding hydrogens is 228 g/mol. The summed E-state index contributed by atoms with van der Waals surface area (Å²) < 4.78 is 10.4. The smallest absolute Gasteiger partial charge is 0.333 e. The standard InChI is InChI=1S/C15H18O3/c1-17-15(16)11-14-9-5-8-13(18-14)10-12-6-3-2-4-7-12/h2-4,6-7,11,13H,5,8-10H2,1H3/b14-11-. The first-order valence-corrected chi connectivity index (χ1v) is 6.27. The fourth-order valence-corrected chi connectivity index (χ4v) is 2.15. The number of allylic oxidation sites excluding steroid dienone is 1. The molecule has 1 aliphatic rings. The first-order valence-electron chi connectivity index (χ1n) is 6.27. The van der Waals surface area contributed by atoms with Crippen molar-refractivity contribution >= 4 is 5.97 Å². The minimum Gasteiger partial charge on any atom is -0.494 e. The van der Waals surface area contributed by atoms with Crippen molar-refractivity contribution in [1.29, 1.82) is 0 Å². The molecule has 0 N–H and O–H groups in total. The summed E-state index contributed by atoms with van der Waals surface area (Å²) in [6.07, 6.45) is 5.42. The van der Waals surface area contributed by atoms with Crippen molar-refractivity contribution in [1.82, 2.24) is 0 Å². The third-order valence-electron chi connectivity index (χ3n) is 3.05. The molecule has 1 aliphatic heterocycles. The number of benzene rings is 1. The predicted octanol–water partition coefficient (Wildman–Crippen LogP) is 2.86. The molecule has 96 valence electrons. The quantitative estimate of drug-likeness (QED) is 0.607. The van der Waals surface area contributed by atoms with Crippen LogP contribution in [0.4, 0.5) is 0 Å². The Labute approximate surface area is 107 Å². The molecule has 0 saturated carbocycles. The summed E-state index contributed by atoms with van der Waals surface area (Å²) in [5, 5.41) is 0. The third kappa shape index (κ3) is 3.62. The number of methoxy groups -OCH3 is 1. The van der Waals surface area contributed by atoms with E-state index in [9.17, 15) is 4.79 Å².